The molecular weight excluding hydrogens is 206 g/mol. The van der Waals surface area contributed by atoms with E-state index in [9.17, 15) is 4.79 Å². The van der Waals surface area contributed by atoms with Crippen LogP contribution in [0.4, 0.5) is 0 Å². The predicted molar refractivity (Wildman–Crippen MR) is 59.1 cm³/mol. The van der Waals surface area contributed by atoms with Crippen LogP contribution in [0, 0.1) is 5.92 Å². The van der Waals surface area contributed by atoms with E-state index in [1.165, 1.54) is 0 Å². The molecule has 0 spiro atoms. The van der Waals surface area contributed by atoms with Crippen molar-refractivity contribution in [3.63, 3.8) is 0 Å². The molecule has 1 N–H and O–H groups in total. The molecule has 0 aliphatic carbocycles. The molecule has 4 heteroatoms. The number of aliphatic carboxylic acids is 1. The fourth-order valence-electron chi connectivity index (χ4n) is 2.35. The molecule has 2 unspecified atom stereocenters. The van der Waals surface area contributed by atoms with Crippen molar-refractivity contribution in [2.24, 2.45) is 5.92 Å². The first kappa shape index (κ1) is 11.2. The molecule has 1 fully saturated rings. The van der Waals surface area contributed by atoms with Crippen molar-refractivity contribution in [2.75, 3.05) is 13.1 Å². The summed E-state index contributed by atoms with van der Waals surface area (Å²) in [6.07, 6.45) is 4.70. The minimum absolute atomic E-state index is 0.286. The molecule has 4 nitrogen and oxygen atoms in total. The number of carbonyl (C=O) groups is 1. The van der Waals surface area contributed by atoms with E-state index in [4.69, 9.17) is 9.52 Å². The highest BCUT2D eigenvalue weighted by molar-refractivity contribution is 5.67. The monoisotopic (exact) mass is 223 g/mol. The van der Waals surface area contributed by atoms with Crippen molar-refractivity contribution >= 4 is 5.97 Å². The smallest absolute Gasteiger partial charge is 0.303 e. The van der Waals surface area contributed by atoms with Crippen molar-refractivity contribution in [1.82, 2.24) is 4.90 Å². The second-order valence-corrected chi connectivity index (χ2v) is 4.48. The van der Waals surface area contributed by atoms with Gasteiger partial charge in [0.2, 0.25) is 0 Å². The van der Waals surface area contributed by atoms with Crippen LogP contribution in [0.15, 0.2) is 23.0 Å². The van der Waals surface area contributed by atoms with Crippen LogP contribution < -0.4 is 0 Å². The number of hydrogen-bond acceptors (Lipinski definition) is 3. The van der Waals surface area contributed by atoms with Gasteiger partial charge in [0.25, 0.3) is 0 Å². The fraction of sp³-hybridized carbons (Fsp3) is 0.583. The van der Waals surface area contributed by atoms with E-state index < -0.39 is 5.97 Å². The molecule has 2 atom stereocenters. The lowest BCUT2D eigenvalue weighted by molar-refractivity contribution is -0.138. The summed E-state index contributed by atoms with van der Waals surface area (Å²) in [5.74, 6) is -0.394. The Hall–Kier alpha value is -1.29. The molecule has 2 rings (SSSR count). The van der Waals surface area contributed by atoms with E-state index in [1.54, 1.807) is 12.5 Å². The van der Waals surface area contributed by atoms with Gasteiger partial charge in [-0.3, -0.25) is 9.69 Å². The molecule has 1 aliphatic heterocycles. The Morgan fingerprint density at radius 3 is 3.19 bits per heavy atom. The Labute approximate surface area is 94.9 Å². The third-order valence-electron chi connectivity index (χ3n) is 3.35. The molecule has 1 aliphatic rings. The van der Waals surface area contributed by atoms with Crippen molar-refractivity contribution < 1.29 is 14.3 Å². The van der Waals surface area contributed by atoms with Crippen LogP contribution in [-0.4, -0.2) is 29.1 Å². The summed E-state index contributed by atoms with van der Waals surface area (Å²) in [7, 11) is 0. The number of carboxylic acid groups (broad SMARTS) is 1. The number of rotatable bonds is 4. The van der Waals surface area contributed by atoms with Gasteiger partial charge in [-0.05, 0) is 31.9 Å². The summed E-state index contributed by atoms with van der Waals surface area (Å²) in [6.45, 7) is 3.98. The van der Waals surface area contributed by atoms with Gasteiger partial charge in [-0.15, -0.1) is 0 Å². The lowest BCUT2D eigenvalue weighted by Gasteiger charge is -2.23. The van der Waals surface area contributed by atoms with Crippen molar-refractivity contribution in [3.05, 3.63) is 24.2 Å². The maximum absolute atomic E-state index is 10.6. The van der Waals surface area contributed by atoms with E-state index in [-0.39, 0.29) is 6.42 Å². The highest BCUT2D eigenvalue weighted by Crippen LogP contribution is 2.28. The Morgan fingerprint density at radius 2 is 2.56 bits per heavy atom. The minimum Gasteiger partial charge on any atom is -0.481 e. The van der Waals surface area contributed by atoms with Gasteiger partial charge in [0, 0.05) is 24.6 Å². The van der Waals surface area contributed by atoms with Crippen molar-refractivity contribution in [3.8, 4) is 0 Å². The van der Waals surface area contributed by atoms with Gasteiger partial charge in [-0.2, -0.15) is 0 Å². The topological polar surface area (TPSA) is 53.7 Å². The zero-order chi connectivity index (χ0) is 11.5. The first-order valence-electron chi connectivity index (χ1n) is 5.64. The molecule has 0 aromatic carbocycles. The lowest BCUT2D eigenvalue weighted by Crippen LogP contribution is -2.24. The molecule has 0 bridgehead atoms. The van der Waals surface area contributed by atoms with Gasteiger partial charge >= 0.3 is 5.97 Å². The van der Waals surface area contributed by atoms with Crippen LogP contribution in [0.25, 0.3) is 0 Å². The summed E-state index contributed by atoms with van der Waals surface area (Å²) in [6, 6.07) is 2.28. The van der Waals surface area contributed by atoms with Crippen LogP contribution in [0.5, 0.6) is 0 Å². The molecule has 0 saturated carbocycles. The van der Waals surface area contributed by atoms with E-state index >= 15 is 0 Å². The van der Waals surface area contributed by atoms with Gasteiger partial charge in [0.1, 0.15) is 0 Å². The van der Waals surface area contributed by atoms with E-state index in [1.807, 2.05) is 6.07 Å². The largest absolute Gasteiger partial charge is 0.481 e. The van der Waals surface area contributed by atoms with Crippen LogP contribution in [-0.2, 0) is 4.79 Å². The van der Waals surface area contributed by atoms with Crippen molar-refractivity contribution in [2.45, 2.75) is 25.8 Å². The lowest BCUT2D eigenvalue weighted by atomic mass is 10.1. The summed E-state index contributed by atoms with van der Waals surface area (Å²) in [5.41, 5.74) is 1.16. The standard InChI is InChI=1S/C12H17NO3/c1-9(11-3-5-16-8-11)13-4-2-10(7-13)6-12(14)15/h3,5,8-10H,2,4,6-7H2,1H3,(H,14,15). The molecule has 0 amide bonds. The van der Waals surface area contributed by atoms with Crippen LogP contribution in [0.2, 0.25) is 0 Å². The number of likely N-dealkylation sites (tertiary alicyclic amines) is 1. The van der Waals surface area contributed by atoms with Crippen LogP contribution in [0.3, 0.4) is 0 Å². The Morgan fingerprint density at radius 1 is 1.75 bits per heavy atom. The Bertz CT molecular complexity index is 347. The third-order valence-corrected chi connectivity index (χ3v) is 3.35. The highest BCUT2D eigenvalue weighted by Gasteiger charge is 2.28. The number of furan rings is 1. The molecule has 0 radical (unpaired) electrons. The fourth-order valence-corrected chi connectivity index (χ4v) is 2.35. The van der Waals surface area contributed by atoms with Crippen molar-refractivity contribution in [1.29, 1.82) is 0 Å². The normalized spacial score (nSPS) is 23.4. The number of carboxylic acids is 1. The van der Waals surface area contributed by atoms with Gasteiger partial charge in [0.05, 0.1) is 12.5 Å². The number of nitrogens with zero attached hydrogens (tertiary/aromatic N) is 1. The maximum atomic E-state index is 10.6. The average molecular weight is 223 g/mol. The van der Waals surface area contributed by atoms with Gasteiger partial charge in [0.15, 0.2) is 0 Å². The van der Waals surface area contributed by atoms with Crippen LogP contribution >= 0.6 is 0 Å². The van der Waals surface area contributed by atoms with Crippen LogP contribution in [0.1, 0.15) is 31.4 Å². The Balaban J connectivity index is 1.91. The van der Waals surface area contributed by atoms with E-state index in [0.29, 0.717) is 12.0 Å². The first-order valence-corrected chi connectivity index (χ1v) is 5.64. The molecule has 16 heavy (non-hydrogen) atoms. The predicted octanol–water partition coefficient (Wildman–Crippen LogP) is 2.14. The van der Waals surface area contributed by atoms with E-state index in [0.717, 1.165) is 25.1 Å². The van der Waals surface area contributed by atoms with Gasteiger partial charge in [-0.25, -0.2) is 0 Å². The summed E-state index contributed by atoms with van der Waals surface area (Å²) in [5, 5.41) is 8.75. The average Bonchev–Trinajstić information content (AvgIpc) is 2.84. The molecular formula is C12H17NO3. The summed E-state index contributed by atoms with van der Waals surface area (Å²) in [4.78, 5) is 12.9. The van der Waals surface area contributed by atoms with E-state index in [2.05, 4.69) is 11.8 Å². The quantitative estimate of drug-likeness (QED) is 0.849. The second-order valence-electron chi connectivity index (χ2n) is 4.48. The number of hydrogen-bond donors (Lipinski definition) is 1. The minimum atomic E-state index is -0.692. The molecule has 88 valence electrons. The summed E-state index contributed by atoms with van der Waals surface area (Å²) < 4.78 is 5.07. The zero-order valence-electron chi connectivity index (χ0n) is 9.43. The van der Waals surface area contributed by atoms with Gasteiger partial charge in [-0.1, -0.05) is 0 Å². The molecule has 1 aromatic rings. The zero-order valence-corrected chi connectivity index (χ0v) is 9.43. The first-order chi connectivity index (χ1) is 7.66. The van der Waals surface area contributed by atoms with Gasteiger partial charge < -0.3 is 9.52 Å². The Kier molecular flexibility index (Phi) is 3.29. The summed E-state index contributed by atoms with van der Waals surface area (Å²) >= 11 is 0. The SMILES string of the molecule is CC(c1ccoc1)N1CCC(CC(=O)O)C1. The maximum Gasteiger partial charge on any atom is 0.303 e. The third kappa shape index (κ3) is 2.44. The molecule has 2 heterocycles. The highest BCUT2D eigenvalue weighted by atomic mass is 16.4. The molecule has 1 saturated heterocycles. The second kappa shape index (κ2) is 4.70. The molecule has 1 aromatic heterocycles.